The molecule has 3 aromatic rings. The topological polar surface area (TPSA) is 86.8 Å². The van der Waals surface area contributed by atoms with E-state index in [1.807, 2.05) is 37.1 Å². The summed E-state index contributed by atoms with van der Waals surface area (Å²) in [6, 6.07) is 9.52. The molecular weight excluding hydrogens is 316 g/mol. The number of nitrogens with zero attached hydrogens (tertiary/aromatic N) is 4. The molecule has 0 bridgehead atoms. The zero-order valence-corrected chi connectivity index (χ0v) is 14.3. The highest BCUT2D eigenvalue weighted by Gasteiger charge is 2.29. The number of carbonyl (C=O) groups is 1. The van der Waals surface area contributed by atoms with E-state index in [9.17, 15) is 4.79 Å². The van der Waals surface area contributed by atoms with Crippen LogP contribution < -0.4 is 5.32 Å². The largest absolute Gasteiger partial charge is 0.388 e. The van der Waals surface area contributed by atoms with Gasteiger partial charge in [-0.3, -0.25) is 9.78 Å². The number of fused-ring (bicyclic) bond motifs is 1. The Kier molecular flexibility index (Phi) is 3.83. The maximum absolute atomic E-state index is 12.8. The Balaban J connectivity index is 1.53. The minimum Gasteiger partial charge on any atom is -0.388 e. The number of aromatic amines is 1. The second-order valence-electron chi connectivity index (χ2n) is 6.44. The molecule has 0 aliphatic carbocycles. The molecule has 0 radical (unpaired) electrons. The second kappa shape index (κ2) is 6.16. The minimum absolute atomic E-state index is 0.0360. The predicted octanol–water partition coefficient (Wildman–Crippen LogP) is 2.33. The first-order chi connectivity index (χ1) is 12.1. The number of amides is 1. The van der Waals surface area contributed by atoms with Gasteiger partial charge in [-0.25, -0.2) is 0 Å². The Morgan fingerprint density at radius 2 is 2.08 bits per heavy atom. The SMILES string of the molecule is CNc1cc(C)nc([C@@H]2CCN(C(=O)c3ccc4n[nH]nc4c3)C2)c1. The number of hydrogen-bond acceptors (Lipinski definition) is 5. The van der Waals surface area contributed by atoms with Crippen LogP contribution in [0.1, 0.15) is 34.1 Å². The second-order valence-corrected chi connectivity index (χ2v) is 6.44. The normalized spacial score (nSPS) is 17.2. The first-order valence-corrected chi connectivity index (χ1v) is 8.40. The van der Waals surface area contributed by atoms with E-state index in [0.29, 0.717) is 17.6 Å². The Morgan fingerprint density at radius 3 is 2.92 bits per heavy atom. The minimum atomic E-state index is 0.0360. The van der Waals surface area contributed by atoms with E-state index in [2.05, 4.69) is 31.8 Å². The van der Waals surface area contributed by atoms with E-state index in [1.54, 1.807) is 6.07 Å². The van der Waals surface area contributed by atoms with Crippen molar-refractivity contribution < 1.29 is 4.79 Å². The standard InChI is InChI=1S/C18H20N6O/c1-11-7-14(19-2)9-16(20-11)13-5-6-24(10-13)18(25)12-3-4-15-17(8-12)22-23-21-15/h3-4,7-9,13H,5-6,10H2,1-2H3,(H,19,20)(H,21,22,23)/t13-/m1/s1. The lowest BCUT2D eigenvalue weighted by Gasteiger charge is -2.17. The van der Waals surface area contributed by atoms with Crippen molar-refractivity contribution in [2.45, 2.75) is 19.3 Å². The quantitative estimate of drug-likeness (QED) is 0.766. The number of rotatable bonds is 3. The van der Waals surface area contributed by atoms with Crippen LogP contribution in [-0.2, 0) is 0 Å². The van der Waals surface area contributed by atoms with Gasteiger partial charge >= 0.3 is 0 Å². The van der Waals surface area contributed by atoms with Crippen LogP contribution in [-0.4, -0.2) is 51.3 Å². The van der Waals surface area contributed by atoms with E-state index in [1.165, 1.54) is 0 Å². The van der Waals surface area contributed by atoms with E-state index in [4.69, 9.17) is 0 Å². The number of likely N-dealkylation sites (tertiary alicyclic amines) is 1. The number of aromatic nitrogens is 4. The maximum Gasteiger partial charge on any atom is 0.253 e. The Hall–Kier alpha value is -2.96. The van der Waals surface area contributed by atoms with Crippen LogP contribution in [0.15, 0.2) is 30.3 Å². The van der Waals surface area contributed by atoms with Crippen molar-refractivity contribution in [1.82, 2.24) is 25.3 Å². The molecule has 2 aromatic heterocycles. The van der Waals surface area contributed by atoms with Crippen molar-refractivity contribution in [2.75, 3.05) is 25.5 Å². The summed E-state index contributed by atoms with van der Waals surface area (Å²) in [6.45, 7) is 3.43. The molecule has 0 saturated carbocycles. The lowest BCUT2D eigenvalue weighted by Crippen LogP contribution is -2.28. The van der Waals surface area contributed by atoms with Gasteiger partial charge in [0.25, 0.3) is 5.91 Å². The number of benzene rings is 1. The summed E-state index contributed by atoms with van der Waals surface area (Å²) < 4.78 is 0. The zero-order valence-electron chi connectivity index (χ0n) is 14.3. The summed E-state index contributed by atoms with van der Waals surface area (Å²) in [6.07, 6.45) is 0.928. The van der Waals surface area contributed by atoms with Crippen molar-refractivity contribution >= 4 is 22.6 Å². The van der Waals surface area contributed by atoms with Crippen LogP contribution >= 0.6 is 0 Å². The van der Waals surface area contributed by atoms with E-state index < -0.39 is 0 Å². The molecule has 0 spiro atoms. The van der Waals surface area contributed by atoms with Gasteiger partial charge in [-0.1, -0.05) is 0 Å². The van der Waals surface area contributed by atoms with E-state index in [-0.39, 0.29) is 11.8 Å². The molecule has 1 atom stereocenters. The summed E-state index contributed by atoms with van der Waals surface area (Å²) in [5.74, 6) is 0.306. The van der Waals surface area contributed by atoms with Gasteiger partial charge in [-0.15, -0.1) is 0 Å². The van der Waals surface area contributed by atoms with Gasteiger partial charge in [0, 0.05) is 48.7 Å². The molecule has 1 aliphatic heterocycles. The molecule has 3 heterocycles. The van der Waals surface area contributed by atoms with Crippen LogP contribution in [0, 0.1) is 6.92 Å². The molecule has 1 aliphatic rings. The van der Waals surface area contributed by atoms with Crippen LogP contribution in [0.4, 0.5) is 5.69 Å². The fourth-order valence-corrected chi connectivity index (χ4v) is 3.39. The number of hydrogen-bond donors (Lipinski definition) is 2. The highest BCUT2D eigenvalue weighted by molar-refractivity contribution is 5.97. The average Bonchev–Trinajstić information content (AvgIpc) is 3.29. The zero-order chi connectivity index (χ0) is 17.4. The number of carbonyl (C=O) groups excluding carboxylic acids is 1. The Morgan fingerprint density at radius 1 is 1.24 bits per heavy atom. The highest BCUT2D eigenvalue weighted by Crippen LogP contribution is 2.29. The van der Waals surface area contributed by atoms with Crippen LogP contribution in [0.25, 0.3) is 11.0 Å². The van der Waals surface area contributed by atoms with Crippen molar-refractivity contribution in [3.63, 3.8) is 0 Å². The third-order valence-corrected chi connectivity index (χ3v) is 4.72. The predicted molar refractivity (Wildman–Crippen MR) is 95.7 cm³/mol. The molecule has 1 fully saturated rings. The Labute approximate surface area is 145 Å². The van der Waals surface area contributed by atoms with Crippen LogP contribution in [0.2, 0.25) is 0 Å². The first-order valence-electron chi connectivity index (χ1n) is 8.40. The number of aryl methyl sites for hydroxylation is 1. The van der Waals surface area contributed by atoms with Gasteiger partial charge in [0.1, 0.15) is 11.0 Å². The number of anilines is 1. The molecule has 1 saturated heterocycles. The molecule has 128 valence electrons. The molecule has 25 heavy (non-hydrogen) atoms. The van der Waals surface area contributed by atoms with Crippen LogP contribution in [0.5, 0.6) is 0 Å². The average molecular weight is 336 g/mol. The third kappa shape index (κ3) is 2.93. The lowest BCUT2D eigenvalue weighted by atomic mass is 10.0. The van der Waals surface area contributed by atoms with Crippen LogP contribution in [0.3, 0.4) is 0 Å². The molecule has 1 amide bonds. The van der Waals surface area contributed by atoms with Crippen molar-refractivity contribution in [3.8, 4) is 0 Å². The van der Waals surface area contributed by atoms with Crippen molar-refractivity contribution in [1.29, 1.82) is 0 Å². The maximum atomic E-state index is 12.8. The molecule has 2 N–H and O–H groups in total. The van der Waals surface area contributed by atoms with Gasteiger partial charge in [0.15, 0.2) is 0 Å². The first kappa shape index (κ1) is 15.6. The third-order valence-electron chi connectivity index (χ3n) is 4.72. The summed E-state index contributed by atoms with van der Waals surface area (Å²) in [4.78, 5) is 19.4. The number of nitrogens with one attached hydrogen (secondary N) is 2. The molecule has 7 heteroatoms. The Bertz CT molecular complexity index is 934. The highest BCUT2D eigenvalue weighted by atomic mass is 16.2. The van der Waals surface area contributed by atoms with Crippen molar-refractivity contribution in [2.24, 2.45) is 0 Å². The van der Waals surface area contributed by atoms with E-state index in [0.717, 1.165) is 35.6 Å². The number of H-pyrrole nitrogens is 1. The van der Waals surface area contributed by atoms with Gasteiger partial charge in [0.05, 0.1) is 0 Å². The number of pyridine rings is 1. The molecule has 4 rings (SSSR count). The molecule has 1 aromatic carbocycles. The van der Waals surface area contributed by atoms with Gasteiger partial charge in [0.2, 0.25) is 0 Å². The fraction of sp³-hybridized carbons (Fsp3) is 0.333. The lowest BCUT2D eigenvalue weighted by molar-refractivity contribution is 0.0791. The van der Waals surface area contributed by atoms with Gasteiger partial charge in [-0.05, 0) is 43.7 Å². The summed E-state index contributed by atoms with van der Waals surface area (Å²) in [5, 5.41) is 13.8. The smallest absolute Gasteiger partial charge is 0.253 e. The van der Waals surface area contributed by atoms with Gasteiger partial charge in [-0.2, -0.15) is 15.4 Å². The monoisotopic (exact) mass is 336 g/mol. The summed E-state index contributed by atoms with van der Waals surface area (Å²) in [7, 11) is 1.91. The van der Waals surface area contributed by atoms with Crippen molar-refractivity contribution in [3.05, 3.63) is 47.3 Å². The molecular formula is C18H20N6O. The summed E-state index contributed by atoms with van der Waals surface area (Å²) >= 11 is 0. The molecule has 7 nitrogen and oxygen atoms in total. The fourth-order valence-electron chi connectivity index (χ4n) is 3.39. The van der Waals surface area contributed by atoms with Gasteiger partial charge < -0.3 is 10.2 Å². The molecule has 0 unspecified atom stereocenters. The van der Waals surface area contributed by atoms with E-state index >= 15 is 0 Å². The summed E-state index contributed by atoms with van der Waals surface area (Å²) in [5.41, 5.74) is 5.22.